The molecule has 4 rings (SSSR count). The largest absolute Gasteiger partial charge is 0.485 e. The summed E-state index contributed by atoms with van der Waals surface area (Å²) in [6.45, 7) is 1.67. The van der Waals surface area contributed by atoms with Gasteiger partial charge in [0, 0.05) is 56.9 Å². The highest BCUT2D eigenvalue weighted by Crippen LogP contribution is 2.36. The molecule has 1 aromatic heterocycles. The van der Waals surface area contributed by atoms with Crippen LogP contribution in [0.15, 0.2) is 41.1 Å². The van der Waals surface area contributed by atoms with Gasteiger partial charge in [0.2, 0.25) is 15.9 Å². The summed E-state index contributed by atoms with van der Waals surface area (Å²) >= 11 is 0. The van der Waals surface area contributed by atoms with Crippen LogP contribution < -0.4 is 4.74 Å². The van der Waals surface area contributed by atoms with E-state index in [0.29, 0.717) is 57.6 Å². The Morgan fingerprint density at radius 2 is 1.97 bits per heavy atom. The maximum absolute atomic E-state index is 12.6. The molecule has 0 N–H and O–H groups in total. The molecule has 2 aliphatic rings. The number of aryl methyl sites for hydroxylation is 1. The molecule has 156 valence electrons. The van der Waals surface area contributed by atoms with Crippen molar-refractivity contribution < 1.29 is 22.5 Å². The van der Waals surface area contributed by atoms with Crippen LogP contribution in [0.1, 0.15) is 30.6 Å². The molecule has 0 saturated carbocycles. The molecule has 0 bridgehead atoms. The van der Waals surface area contributed by atoms with Crippen LogP contribution in [-0.2, 0) is 27.8 Å². The number of hydrogen-bond donors (Lipinski definition) is 0. The minimum Gasteiger partial charge on any atom is -0.485 e. The zero-order valence-corrected chi connectivity index (χ0v) is 17.2. The van der Waals surface area contributed by atoms with Crippen molar-refractivity contribution in [2.45, 2.75) is 37.8 Å². The molecule has 1 spiro atoms. The molecule has 1 aromatic carbocycles. The van der Waals surface area contributed by atoms with E-state index in [1.807, 2.05) is 29.2 Å². The molecule has 8 nitrogen and oxygen atoms in total. The number of sulfonamides is 1. The van der Waals surface area contributed by atoms with E-state index in [0.717, 1.165) is 11.3 Å². The van der Waals surface area contributed by atoms with Crippen LogP contribution in [0.4, 0.5) is 0 Å². The maximum atomic E-state index is 12.6. The Morgan fingerprint density at radius 1 is 1.21 bits per heavy atom. The highest BCUT2D eigenvalue weighted by atomic mass is 32.2. The minimum atomic E-state index is -3.37. The van der Waals surface area contributed by atoms with Gasteiger partial charge >= 0.3 is 0 Å². The first kappa shape index (κ1) is 19.9. The zero-order chi connectivity index (χ0) is 20.5. The van der Waals surface area contributed by atoms with Crippen molar-refractivity contribution in [2.75, 3.05) is 25.9 Å². The summed E-state index contributed by atoms with van der Waals surface area (Å²) in [6, 6.07) is 9.32. The number of carbonyl (C=O) groups is 1. The van der Waals surface area contributed by atoms with Gasteiger partial charge in [0.25, 0.3) is 0 Å². The lowest BCUT2D eigenvalue weighted by Gasteiger charge is -2.42. The first-order chi connectivity index (χ1) is 13.8. The second-order valence-corrected chi connectivity index (χ2v) is 9.77. The quantitative estimate of drug-likeness (QED) is 0.751. The van der Waals surface area contributed by atoms with Gasteiger partial charge in [0.15, 0.2) is 0 Å². The van der Waals surface area contributed by atoms with Gasteiger partial charge in [-0.3, -0.25) is 4.79 Å². The summed E-state index contributed by atoms with van der Waals surface area (Å²) in [4.78, 5) is 14.4. The van der Waals surface area contributed by atoms with E-state index in [4.69, 9.17) is 9.26 Å². The normalized spacial score (nSPS) is 19.4. The molecular weight excluding hydrogens is 394 g/mol. The summed E-state index contributed by atoms with van der Waals surface area (Å²) < 4.78 is 37.6. The zero-order valence-electron chi connectivity index (χ0n) is 16.4. The lowest BCUT2D eigenvalue weighted by molar-refractivity contribution is -0.134. The Hall–Kier alpha value is -2.39. The number of amides is 1. The first-order valence-corrected chi connectivity index (χ1v) is 11.6. The average Bonchev–Trinajstić information content (AvgIpc) is 3.14. The third-order valence-electron chi connectivity index (χ3n) is 5.68. The molecule has 2 aliphatic heterocycles. The van der Waals surface area contributed by atoms with Gasteiger partial charge < -0.3 is 14.2 Å². The van der Waals surface area contributed by atoms with Crippen molar-refractivity contribution in [1.82, 2.24) is 14.4 Å². The van der Waals surface area contributed by atoms with Crippen LogP contribution in [0.25, 0.3) is 0 Å². The minimum absolute atomic E-state index is 0.0604. The number of carbonyl (C=O) groups excluding carboxylic acids is 1. The van der Waals surface area contributed by atoms with E-state index >= 15 is 0 Å². The van der Waals surface area contributed by atoms with Crippen LogP contribution in [0.3, 0.4) is 0 Å². The van der Waals surface area contributed by atoms with E-state index in [1.165, 1.54) is 10.6 Å². The van der Waals surface area contributed by atoms with E-state index < -0.39 is 15.6 Å². The number of hydrogen-bond acceptors (Lipinski definition) is 6. The van der Waals surface area contributed by atoms with Crippen molar-refractivity contribution in [2.24, 2.45) is 0 Å². The number of benzene rings is 1. The molecule has 1 saturated heterocycles. The topological polar surface area (TPSA) is 93.0 Å². The fourth-order valence-corrected chi connectivity index (χ4v) is 4.83. The van der Waals surface area contributed by atoms with E-state index in [2.05, 4.69) is 5.16 Å². The van der Waals surface area contributed by atoms with E-state index in [1.54, 1.807) is 12.3 Å². The highest BCUT2D eigenvalue weighted by Gasteiger charge is 2.43. The predicted molar refractivity (Wildman–Crippen MR) is 106 cm³/mol. The highest BCUT2D eigenvalue weighted by molar-refractivity contribution is 7.88. The second-order valence-electron chi connectivity index (χ2n) is 7.78. The van der Waals surface area contributed by atoms with Gasteiger partial charge in [0.05, 0.1) is 19.0 Å². The molecule has 29 heavy (non-hydrogen) atoms. The van der Waals surface area contributed by atoms with Crippen molar-refractivity contribution in [1.29, 1.82) is 0 Å². The molecule has 9 heteroatoms. The van der Waals surface area contributed by atoms with Crippen molar-refractivity contribution in [3.05, 3.63) is 47.9 Å². The van der Waals surface area contributed by atoms with Crippen LogP contribution in [0.2, 0.25) is 0 Å². The number of likely N-dealkylation sites (tertiary alicyclic amines) is 1. The Kier molecular flexibility index (Phi) is 5.35. The van der Waals surface area contributed by atoms with E-state index in [9.17, 15) is 13.2 Å². The van der Waals surface area contributed by atoms with Gasteiger partial charge in [-0.2, -0.15) is 4.31 Å². The lowest BCUT2D eigenvalue weighted by atomic mass is 9.90. The van der Waals surface area contributed by atoms with Gasteiger partial charge in [-0.25, -0.2) is 8.42 Å². The van der Waals surface area contributed by atoms with Crippen molar-refractivity contribution >= 4 is 15.9 Å². The summed E-state index contributed by atoms with van der Waals surface area (Å²) in [6.07, 6.45) is 4.85. The van der Waals surface area contributed by atoms with E-state index in [-0.39, 0.29) is 5.91 Å². The molecule has 3 heterocycles. The SMILES string of the molecule is CS(=O)(=O)N1Cc2ccccc2OC2(CCN(C(=O)CCc3ccno3)CC2)C1. The third-order valence-corrected chi connectivity index (χ3v) is 6.88. The smallest absolute Gasteiger partial charge is 0.223 e. The van der Waals surface area contributed by atoms with Gasteiger partial charge in [-0.1, -0.05) is 23.4 Å². The number of nitrogens with zero attached hydrogens (tertiary/aromatic N) is 3. The van der Waals surface area contributed by atoms with Gasteiger partial charge in [0.1, 0.15) is 17.1 Å². The first-order valence-electron chi connectivity index (χ1n) is 9.74. The standard InChI is InChI=1S/C20H25N3O5S/c1-29(25,26)23-14-16-4-2-3-5-18(16)27-20(15-23)9-12-22(13-10-20)19(24)7-6-17-8-11-21-28-17/h2-5,8,11H,6-7,9-10,12-15H2,1H3. The fraction of sp³-hybridized carbons (Fsp3) is 0.500. The molecule has 1 fully saturated rings. The average molecular weight is 420 g/mol. The summed E-state index contributed by atoms with van der Waals surface area (Å²) in [5, 5.41) is 3.65. The summed E-state index contributed by atoms with van der Waals surface area (Å²) in [5.74, 6) is 1.48. The number of rotatable bonds is 4. The Bertz CT molecular complexity index is 966. The number of para-hydroxylation sites is 1. The Labute approximate surface area is 170 Å². The third kappa shape index (κ3) is 4.45. The van der Waals surface area contributed by atoms with Crippen LogP contribution in [0, 0.1) is 0 Å². The Morgan fingerprint density at radius 3 is 2.66 bits per heavy atom. The molecule has 0 aliphatic carbocycles. The Balaban J connectivity index is 1.46. The number of aromatic nitrogens is 1. The molecule has 2 aromatic rings. The molecular formula is C20H25N3O5S. The van der Waals surface area contributed by atoms with Crippen LogP contribution >= 0.6 is 0 Å². The van der Waals surface area contributed by atoms with Crippen LogP contribution in [-0.4, -0.2) is 60.2 Å². The van der Waals surface area contributed by atoms with Crippen molar-refractivity contribution in [3.63, 3.8) is 0 Å². The predicted octanol–water partition coefficient (Wildman–Crippen LogP) is 1.82. The molecule has 0 radical (unpaired) electrons. The van der Waals surface area contributed by atoms with Crippen LogP contribution in [0.5, 0.6) is 5.75 Å². The molecule has 1 amide bonds. The second kappa shape index (κ2) is 7.79. The maximum Gasteiger partial charge on any atom is 0.223 e. The molecule has 0 atom stereocenters. The number of piperidine rings is 1. The monoisotopic (exact) mass is 419 g/mol. The molecule has 0 unspecified atom stereocenters. The summed E-state index contributed by atoms with van der Waals surface area (Å²) in [5.41, 5.74) is 0.234. The van der Waals surface area contributed by atoms with Gasteiger partial charge in [-0.15, -0.1) is 0 Å². The van der Waals surface area contributed by atoms with Gasteiger partial charge in [-0.05, 0) is 6.07 Å². The fourth-order valence-electron chi connectivity index (χ4n) is 3.98. The number of ether oxygens (including phenoxy) is 1. The summed E-state index contributed by atoms with van der Waals surface area (Å²) in [7, 11) is -3.37. The number of fused-ring (bicyclic) bond motifs is 1. The lowest BCUT2D eigenvalue weighted by Crippen LogP contribution is -2.55. The van der Waals surface area contributed by atoms with Crippen molar-refractivity contribution in [3.8, 4) is 5.75 Å².